The van der Waals surface area contributed by atoms with E-state index < -0.39 is 0 Å². The molecule has 194 valence electrons. The van der Waals surface area contributed by atoms with Crippen molar-refractivity contribution >= 4 is 10.8 Å². The molecule has 0 atom stereocenters. The minimum atomic E-state index is 0.282. The minimum absolute atomic E-state index is 0.282. The van der Waals surface area contributed by atoms with E-state index in [4.69, 9.17) is 0 Å². The summed E-state index contributed by atoms with van der Waals surface area (Å²) in [4.78, 5) is 0. The van der Waals surface area contributed by atoms with Crippen molar-refractivity contribution in [2.75, 3.05) is 0 Å². The monoisotopic (exact) mass is 524 g/mol. The molecule has 0 unspecified atom stereocenters. The highest BCUT2D eigenvalue weighted by Gasteiger charge is 2.28. The summed E-state index contributed by atoms with van der Waals surface area (Å²) in [5.41, 5.74) is 10.0. The van der Waals surface area contributed by atoms with Crippen LogP contribution in [0.15, 0.2) is 164 Å². The van der Waals surface area contributed by atoms with E-state index in [1.807, 2.05) is 30.3 Å². The van der Waals surface area contributed by atoms with Crippen molar-refractivity contribution < 1.29 is 5.11 Å². The zero-order chi connectivity index (χ0) is 27.6. The summed E-state index contributed by atoms with van der Waals surface area (Å²) in [6.45, 7) is 0. The second kappa shape index (κ2) is 10.6. The van der Waals surface area contributed by atoms with Gasteiger partial charge in [-0.05, 0) is 44.2 Å². The lowest BCUT2D eigenvalue weighted by Crippen LogP contribution is -1.99. The maximum atomic E-state index is 12.6. The first kappa shape index (κ1) is 24.6. The van der Waals surface area contributed by atoms with Crippen molar-refractivity contribution in [2.24, 2.45) is 0 Å². The Bertz CT molecular complexity index is 1950. The zero-order valence-corrected chi connectivity index (χ0v) is 22.5. The number of benzene rings is 7. The molecule has 7 rings (SSSR count). The van der Waals surface area contributed by atoms with Gasteiger partial charge in [0.2, 0.25) is 0 Å². The van der Waals surface area contributed by atoms with E-state index in [2.05, 4.69) is 133 Å². The van der Waals surface area contributed by atoms with Gasteiger partial charge in [-0.3, -0.25) is 0 Å². The van der Waals surface area contributed by atoms with E-state index in [0.717, 1.165) is 66.4 Å². The van der Waals surface area contributed by atoms with E-state index in [-0.39, 0.29) is 5.75 Å². The lowest BCUT2D eigenvalue weighted by molar-refractivity contribution is 0.480. The van der Waals surface area contributed by atoms with E-state index in [1.54, 1.807) is 0 Å². The van der Waals surface area contributed by atoms with E-state index in [1.165, 1.54) is 0 Å². The normalized spacial score (nSPS) is 11.0. The largest absolute Gasteiger partial charge is 0.507 e. The first-order valence-electron chi connectivity index (χ1n) is 13.9. The lowest BCUT2D eigenvalue weighted by atomic mass is 9.77. The third-order valence-electron chi connectivity index (χ3n) is 7.78. The number of hydrogen-bond donors (Lipinski definition) is 1. The Hall–Kier alpha value is -5.40. The highest BCUT2D eigenvalue weighted by molar-refractivity contribution is 6.13. The molecule has 0 saturated carbocycles. The van der Waals surface area contributed by atoms with Crippen LogP contribution in [0.4, 0.5) is 0 Å². The second-order valence-electron chi connectivity index (χ2n) is 10.2. The number of aromatic hydroxyl groups is 1. The van der Waals surface area contributed by atoms with Crippen molar-refractivity contribution in [2.45, 2.75) is 0 Å². The van der Waals surface area contributed by atoms with Gasteiger partial charge in [0.15, 0.2) is 0 Å². The van der Waals surface area contributed by atoms with Crippen LogP contribution in [0.5, 0.6) is 5.75 Å². The SMILES string of the molecule is Oc1c(-c2ccccc2)c(-c2ccccc2)c(-c2ccccc2)c(-c2ccccc2)c1-c1cccc2ccccc12. The Morgan fingerprint density at radius 3 is 1.17 bits per heavy atom. The Balaban J connectivity index is 1.77. The molecule has 1 nitrogen and oxygen atoms in total. The number of hydrogen-bond acceptors (Lipinski definition) is 1. The molecule has 0 fully saturated rings. The second-order valence-corrected chi connectivity index (χ2v) is 10.2. The van der Waals surface area contributed by atoms with Gasteiger partial charge in [0.25, 0.3) is 0 Å². The van der Waals surface area contributed by atoms with E-state index in [9.17, 15) is 5.11 Å². The Kier molecular flexibility index (Phi) is 6.39. The third-order valence-corrected chi connectivity index (χ3v) is 7.78. The quantitative estimate of drug-likeness (QED) is 0.237. The highest BCUT2D eigenvalue weighted by atomic mass is 16.3. The summed E-state index contributed by atoms with van der Waals surface area (Å²) >= 11 is 0. The van der Waals surface area contributed by atoms with Crippen LogP contribution < -0.4 is 0 Å². The van der Waals surface area contributed by atoms with Crippen molar-refractivity contribution in [1.29, 1.82) is 0 Å². The highest BCUT2D eigenvalue weighted by Crippen LogP contribution is 2.56. The van der Waals surface area contributed by atoms with Crippen LogP contribution in [0.1, 0.15) is 0 Å². The molecule has 41 heavy (non-hydrogen) atoms. The molecule has 0 saturated heterocycles. The topological polar surface area (TPSA) is 20.2 Å². The zero-order valence-electron chi connectivity index (χ0n) is 22.5. The average Bonchev–Trinajstić information content (AvgIpc) is 3.05. The molecule has 0 aromatic heterocycles. The van der Waals surface area contributed by atoms with Gasteiger partial charge in [-0.25, -0.2) is 0 Å². The predicted octanol–water partition coefficient (Wildman–Crippen LogP) is 10.9. The van der Waals surface area contributed by atoms with Gasteiger partial charge in [0.05, 0.1) is 0 Å². The standard InChI is InChI=1S/C40H28O/c41-40-38(32-23-11-4-12-24-32)36(30-19-7-2-8-20-30)35(29-17-5-1-6-18-29)37(31-21-9-3-10-22-31)39(40)34-27-15-25-28-16-13-14-26-33(28)34/h1-27,41H. The molecule has 0 aliphatic carbocycles. The van der Waals surface area contributed by atoms with E-state index >= 15 is 0 Å². The fourth-order valence-corrected chi connectivity index (χ4v) is 6.01. The first-order chi connectivity index (χ1) is 20.3. The molecule has 0 radical (unpaired) electrons. The molecule has 0 heterocycles. The Morgan fingerprint density at radius 2 is 0.659 bits per heavy atom. The summed E-state index contributed by atoms with van der Waals surface area (Å²) in [6.07, 6.45) is 0. The van der Waals surface area contributed by atoms with Gasteiger partial charge in [0, 0.05) is 22.3 Å². The fraction of sp³-hybridized carbons (Fsp3) is 0. The molecular formula is C40H28O. The number of phenols is 1. The molecule has 0 bridgehead atoms. The van der Waals surface area contributed by atoms with Gasteiger partial charge in [-0.2, -0.15) is 0 Å². The van der Waals surface area contributed by atoms with Crippen molar-refractivity contribution in [3.63, 3.8) is 0 Å². The molecule has 0 aliphatic heterocycles. The lowest BCUT2D eigenvalue weighted by Gasteiger charge is -2.26. The summed E-state index contributed by atoms with van der Waals surface area (Å²) in [7, 11) is 0. The maximum absolute atomic E-state index is 12.6. The number of fused-ring (bicyclic) bond motifs is 1. The predicted molar refractivity (Wildman–Crippen MR) is 173 cm³/mol. The van der Waals surface area contributed by atoms with Crippen molar-refractivity contribution in [3.8, 4) is 61.4 Å². The summed E-state index contributed by atoms with van der Waals surface area (Å²) in [5, 5.41) is 14.9. The van der Waals surface area contributed by atoms with Crippen LogP contribution in [0.25, 0.3) is 66.4 Å². The number of phenolic OH excluding ortho intramolecular Hbond substituents is 1. The van der Waals surface area contributed by atoms with Crippen LogP contribution >= 0.6 is 0 Å². The summed E-state index contributed by atoms with van der Waals surface area (Å²) < 4.78 is 0. The van der Waals surface area contributed by atoms with Crippen LogP contribution in [0, 0.1) is 0 Å². The van der Waals surface area contributed by atoms with Crippen LogP contribution in [0.3, 0.4) is 0 Å². The molecular weight excluding hydrogens is 496 g/mol. The van der Waals surface area contributed by atoms with Gasteiger partial charge in [-0.15, -0.1) is 0 Å². The van der Waals surface area contributed by atoms with Crippen LogP contribution in [-0.4, -0.2) is 5.11 Å². The third kappa shape index (κ3) is 4.38. The van der Waals surface area contributed by atoms with Crippen molar-refractivity contribution in [1.82, 2.24) is 0 Å². The number of rotatable bonds is 5. The van der Waals surface area contributed by atoms with Gasteiger partial charge in [-0.1, -0.05) is 164 Å². The molecule has 7 aromatic rings. The molecule has 0 spiro atoms. The van der Waals surface area contributed by atoms with Gasteiger partial charge in [0.1, 0.15) is 5.75 Å². The van der Waals surface area contributed by atoms with Crippen LogP contribution in [0.2, 0.25) is 0 Å². The summed E-state index contributed by atoms with van der Waals surface area (Å²) in [5.74, 6) is 0.282. The minimum Gasteiger partial charge on any atom is -0.507 e. The van der Waals surface area contributed by atoms with Crippen molar-refractivity contribution in [3.05, 3.63) is 164 Å². The maximum Gasteiger partial charge on any atom is 0.132 e. The fourth-order valence-electron chi connectivity index (χ4n) is 6.01. The molecule has 0 amide bonds. The van der Waals surface area contributed by atoms with Gasteiger partial charge >= 0.3 is 0 Å². The summed E-state index contributed by atoms with van der Waals surface area (Å²) in [6, 6.07) is 56.5. The smallest absolute Gasteiger partial charge is 0.132 e. The molecule has 1 N–H and O–H groups in total. The molecule has 1 heteroatoms. The van der Waals surface area contributed by atoms with Crippen LogP contribution in [-0.2, 0) is 0 Å². The Morgan fingerprint density at radius 1 is 0.293 bits per heavy atom. The first-order valence-corrected chi connectivity index (χ1v) is 13.9. The molecule has 7 aromatic carbocycles. The molecule has 0 aliphatic rings. The van der Waals surface area contributed by atoms with Gasteiger partial charge < -0.3 is 5.11 Å². The average molecular weight is 525 g/mol. The van der Waals surface area contributed by atoms with E-state index in [0.29, 0.717) is 0 Å². The Labute approximate surface area is 240 Å².